The first kappa shape index (κ1) is 13.7. The molecule has 0 aromatic rings. The van der Waals surface area contributed by atoms with Crippen LogP contribution < -0.4 is 11.1 Å². The Kier molecular flexibility index (Phi) is 7.89. The van der Waals surface area contributed by atoms with Crippen molar-refractivity contribution < 1.29 is 13.2 Å². The van der Waals surface area contributed by atoms with Gasteiger partial charge in [-0.05, 0) is 25.9 Å². The van der Waals surface area contributed by atoms with Crippen molar-refractivity contribution in [3.63, 3.8) is 0 Å². The minimum Gasteiger partial charge on any atom is -0.330 e. The topological polar surface area (TPSA) is 38.0 Å². The zero-order valence-electron chi connectivity index (χ0n) is 8.37. The first-order chi connectivity index (χ1) is 6.56. The number of nitrogens with one attached hydrogen (secondary N) is 1. The molecular weight excluding hydrogens is 193 g/mol. The average molecular weight is 212 g/mol. The Morgan fingerprint density at radius 2 is 1.57 bits per heavy atom. The van der Waals surface area contributed by atoms with Crippen molar-refractivity contribution >= 4 is 0 Å². The van der Waals surface area contributed by atoms with Crippen molar-refractivity contribution in [1.29, 1.82) is 0 Å². The van der Waals surface area contributed by atoms with E-state index in [1.54, 1.807) is 0 Å². The van der Waals surface area contributed by atoms with E-state index in [2.05, 4.69) is 5.32 Å². The maximum atomic E-state index is 11.7. The quantitative estimate of drug-likeness (QED) is 0.604. The van der Waals surface area contributed by atoms with Gasteiger partial charge in [-0.15, -0.1) is 0 Å². The number of rotatable bonds is 8. The molecule has 0 aromatic heterocycles. The highest BCUT2D eigenvalue weighted by Gasteiger charge is 2.25. The SMILES string of the molecule is NCCCCCCNCCC(F)(F)F. The van der Waals surface area contributed by atoms with Crippen molar-refractivity contribution in [2.24, 2.45) is 5.73 Å². The normalized spacial score (nSPS) is 12.0. The molecule has 0 heterocycles. The second-order valence-electron chi connectivity index (χ2n) is 3.32. The van der Waals surface area contributed by atoms with Gasteiger partial charge in [-0.1, -0.05) is 12.8 Å². The highest BCUT2D eigenvalue weighted by molar-refractivity contribution is 4.55. The van der Waals surface area contributed by atoms with Crippen LogP contribution >= 0.6 is 0 Å². The molecule has 0 saturated heterocycles. The Balaban J connectivity index is 2.99. The van der Waals surface area contributed by atoms with Crippen LogP contribution in [0, 0.1) is 0 Å². The van der Waals surface area contributed by atoms with Crippen LogP contribution in [0.5, 0.6) is 0 Å². The molecule has 0 aliphatic heterocycles. The van der Waals surface area contributed by atoms with Gasteiger partial charge < -0.3 is 11.1 Å². The van der Waals surface area contributed by atoms with E-state index in [1.165, 1.54) is 0 Å². The monoisotopic (exact) mass is 212 g/mol. The van der Waals surface area contributed by atoms with Crippen LogP contribution in [0.25, 0.3) is 0 Å². The van der Waals surface area contributed by atoms with E-state index in [0.717, 1.165) is 25.7 Å². The molecule has 5 heteroatoms. The number of unbranched alkanes of at least 4 members (excludes halogenated alkanes) is 3. The lowest BCUT2D eigenvalue weighted by molar-refractivity contribution is -0.133. The number of nitrogens with two attached hydrogens (primary N) is 1. The molecule has 0 unspecified atom stereocenters. The smallest absolute Gasteiger partial charge is 0.330 e. The van der Waals surface area contributed by atoms with E-state index in [4.69, 9.17) is 5.73 Å². The minimum atomic E-state index is -4.04. The van der Waals surface area contributed by atoms with Crippen LogP contribution in [0.2, 0.25) is 0 Å². The highest BCUT2D eigenvalue weighted by atomic mass is 19.4. The van der Waals surface area contributed by atoms with Gasteiger partial charge in [0.1, 0.15) is 0 Å². The number of hydrogen-bond donors (Lipinski definition) is 2. The summed E-state index contributed by atoms with van der Waals surface area (Å²) in [6, 6.07) is 0. The molecule has 0 amide bonds. The summed E-state index contributed by atoms with van der Waals surface area (Å²) in [5.41, 5.74) is 5.30. The molecule has 2 nitrogen and oxygen atoms in total. The third-order valence-corrected chi connectivity index (χ3v) is 1.89. The molecule has 0 aromatic carbocycles. The fourth-order valence-corrected chi connectivity index (χ4v) is 1.10. The molecule has 0 aliphatic carbocycles. The third kappa shape index (κ3) is 11.7. The molecule has 3 N–H and O–H groups in total. The zero-order chi connectivity index (χ0) is 10.9. The summed E-state index contributed by atoms with van der Waals surface area (Å²) >= 11 is 0. The predicted octanol–water partition coefficient (Wildman–Crippen LogP) is 2.05. The van der Waals surface area contributed by atoms with E-state index in [9.17, 15) is 13.2 Å². The van der Waals surface area contributed by atoms with Gasteiger partial charge in [0, 0.05) is 6.54 Å². The number of alkyl halides is 3. The summed E-state index contributed by atoms with van der Waals surface area (Å²) in [5.74, 6) is 0. The molecule has 0 bridgehead atoms. The molecule has 0 rings (SSSR count). The zero-order valence-corrected chi connectivity index (χ0v) is 8.37. The first-order valence-electron chi connectivity index (χ1n) is 5.04. The maximum absolute atomic E-state index is 11.7. The van der Waals surface area contributed by atoms with Gasteiger partial charge in [-0.25, -0.2) is 0 Å². The highest BCUT2D eigenvalue weighted by Crippen LogP contribution is 2.17. The van der Waals surface area contributed by atoms with Crippen molar-refractivity contribution in [1.82, 2.24) is 5.32 Å². The third-order valence-electron chi connectivity index (χ3n) is 1.89. The largest absolute Gasteiger partial charge is 0.390 e. The maximum Gasteiger partial charge on any atom is 0.390 e. The fourth-order valence-electron chi connectivity index (χ4n) is 1.10. The lowest BCUT2D eigenvalue weighted by Crippen LogP contribution is -2.22. The van der Waals surface area contributed by atoms with E-state index >= 15 is 0 Å². The van der Waals surface area contributed by atoms with Crippen LogP contribution in [-0.2, 0) is 0 Å². The van der Waals surface area contributed by atoms with Crippen molar-refractivity contribution in [3.05, 3.63) is 0 Å². The molecular formula is C9H19F3N2. The van der Waals surface area contributed by atoms with E-state index in [1.807, 2.05) is 0 Å². The summed E-state index contributed by atoms with van der Waals surface area (Å²) < 4.78 is 35.0. The number of halogens is 3. The fraction of sp³-hybridized carbons (Fsp3) is 1.00. The van der Waals surface area contributed by atoms with Gasteiger partial charge in [-0.3, -0.25) is 0 Å². The second-order valence-corrected chi connectivity index (χ2v) is 3.32. The van der Waals surface area contributed by atoms with E-state index < -0.39 is 12.6 Å². The minimum absolute atomic E-state index is 0.0282. The summed E-state index contributed by atoms with van der Waals surface area (Å²) in [6.45, 7) is 1.39. The Morgan fingerprint density at radius 3 is 2.14 bits per heavy atom. The molecule has 86 valence electrons. The molecule has 0 fully saturated rings. The van der Waals surface area contributed by atoms with Gasteiger partial charge in [-0.2, -0.15) is 13.2 Å². The molecule has 0 radical (unpaired) electrons. The lowest BCUT2D eigenvalue weighted by Gasteiger charge is -2.07. The summed E-state index contributed by atoms with van der Waals surface area (Å²) in [5, 5.41) is 2.77. The average Bonchev–Trinajstić information content (AvgIpc) is 2.08. The molecule has 0 saturated carbocycles. The van der Waals surface area contributed by atoms with Crippen molar-refractivity contribution in [2.75, 3.05) is 19.6 Å². The summed E-state index contributed by atoms with van der Waals surface area (Å²) in [7, 11) is 0. The molecule has 0 spiro atoms. The lowest BCUT2D eigenvalue weighted by atomic mass is 10.2. The van der Waals surface area contributed by atoms with Gasteiger partial charge in [0.25, 0.3) is 0 Å². The van der Waals surface area contributed by atoms with E-state index in [-0.39, 0.29) is 6.54 Å². The number of hydrogen-bond acceptors (Lipinski definition) is 2. The van der Waals surface area contributed by atoms with Gasteiger partial charge in [0.2, 0.25) is 0 Å². The first-order valence-corrected chi connectivity index (χ1v) is 5.04. The van der Waals surface area contributed by atoms with Gasteiger partial charge >= 0.3 is 6.18 Å². The predicted molar refractivity (Wildman–Crippen MR) is 51.1 cm³/mol. The molecule has 0 aliphatic rings. The standard InChI is InChI=1S/C9H19F3N2/c10-9(11,12)5-8-14-7-4-2-1-3-6-13/h14H,1-8,13H2. The van der Waals surface area contributed by atoms with Crippen LogP contribution in [0.3, 0.4) is 0 Å². The van der Waals surface area contributed by atoms with Crippen molar-refractivity contribution in [3.8, 4) is 0 Å². The van der Waals surface area contributed by atoms with E-state index in [0.29, 0.717) is 13.1 Å². The molecule has 0 atom stereocenters. The Bertz CT molecular complexity index is 126. The van der Waals surface area contributed by atoms with Crippen LogP contribution in [-0.4, -0.2) is 25.8 Å². The summed E-state index contributed by atoms with van der Waals surface area (Å²) in [4.78, 5) is 0. The molecule has 14 heavy (non-hydrogen) atoms. The Hall–Kier alpha value is -0.290. The van der Waals surface area contributed by atoms with Gasteiger partial charge in [0.15, 0.2) is 0 Å². The second kappa shape index (κ2) is 8.05. The Labute approximate surface area is 83.0 Å². The van der Waals surface area contributed by atoms with Crippen molar-refractivity contribution in [2.45, 2.75) is 38.3 Å². The van der Waals surface area contributed by atoms with Crippen LogP contribution in [0.1, 0.15) is 32.1 Å². The van der Waals surface area contributed by atoms with Crippen LogP contribution in [0.15, 0.2) is 0 Å². The van der Waals surface area contributed by atoms with Gasteiger partial charge in [0.05, 0.1) is 6.42 Å². The Morgan fingerprint density at radius 1 is 0.929 bits per heavy atom. The summed E-state index contributed by atoms with van der Waals surface area (Å²) in [6.07, 6.45) is -0.740. The van der Waals surface area contributed by atoms with Crippen LogP contribution in [0.4, 0.5) is 13.2 Å².